The fourth-order valence-electron chi connectivity index (χ4n) is 2.80. The van der Waals surface area contributed by atoms with E-state index in [-0.39, 0.29) is 6.04 Å². The molecule has 3 unspecified atom stereocenters. The minimum absolute atomic E-state index is 0.277. The summed E-state index contributed by atoms with van der Waals surface area (Å²) in [7, 11) is 0. The van der Waals surface area contributed by atoms with Crippen LogP contribution in [-0.2, 0) is 0 Å². The smallest absolute Gasteiger partial charge is 0.0334 e. The van der Waals surface area contributed by atoms with Gasteiger partial charge in [-0.2, -0.15) is 0 Å². The zero-order valence-corrected chi connectivity index (χ0v) is 10.5. The maximum Gasteiger partial charge on any atom is 0.0334 e. The SMILES string of the molecule is Cc1sccc1C(N)C1CCCC(C)C1. The van der Waals surface area contributed by atoms with Crippen LogP contribution >= 0.6 is 11.3 Å². The van der Waals surface area contributed by atoms with Crippen LogP contribution in [0, 0.1) is 18.8 Å². The number of nitrogens with two attached hydrogens (primary N) is 1. The Hall–Kier alpha value is -0.340. The fraction of sp³-hybridized carbons (Fsp3) is 0.692. The third kappa shape index (κ3) is 2.43. The van der Waals surface area contributed by atoms with Gasteiger partial charge >= 0.3 is 0 Å². The highest BCUT2D eigenvalue weighted by atomic mass is 32.1. The lowest BCUT2D eigenvalue weighted by Gasteiger charge is -2.31. The molecule has 1 aliphatic rings. The topological polar surface area (TPSA) is 26.0 Å². The van der Waals surface area contributed by atoms with E-state index in [4.69, 9.17) is 5.73 Å². The Morgan fingerprint density at radius 1 is 1.47 bits per heavy atom. The zero-order valence-electron chi connectivity index (χ0n) is 9.70. The normalized spacial score (nSPS) is 29.0. The summed E-state index contributed by atoms with van der Waals surface area (Å²) in [5, 5.41) is 2.16. The van der Waals surface area contributed by atoms with Crippen molar-refractivity contribution < 1.29 is 0 Å². The van der Waals surface area contributed by atoms with Crippen LogP contribution in [0.25, 0.3) is 0 Å². The Labute approximate surface area is 96.7 Å². The van der Waals surface area contributed by atoms with E-state index in [1.165, 1.54) is 36.1 Å². The van der Waals surface area contributed by atoms with Gasteiger partial charge in [0.05, 0.1) is 0 Å². The summed E-state index contributed by atoms with van der Waals surface area (Å²) < 4.78 is 0. The van der Waals surface area contributed by atoms with Crippen LogP contribution in [0.4, 0.5) is 0 Å². The summed E-state index contributed by atoms with van der Waals surface area (Å²) in [4.78, 5) is 1.40. The molecule has 1 aliphatic carbocycles. The van der Waals surface area contributed by atoms with Gasteiger partial charge in [0.15, 0.2) is 0 Å². The standard InChI is InChI=1S/C13H21NS/c1-9-4-3-5-11(8-9)13(14)12-6-7-15-10(12)2/h6-7,9,11,13H,3-5,8,14H2,1-2H3. The van der Waals surface area contributed by atoms with E-state index in [1.54, 1.807) is 0 Å². The Kier molecular flexibility index (Phi) is 3.47. The molecule has 1 heterocycles. The molecule has 0 bridgehead atoms. The summed E-state index contributed by atoms with van der Waals surface area (Å²) in [6.07, 6.45) is 5.39. The van der Waals surface area contributed by atoms with E-state index >= 15 is 0 Å². The molecule has 2 heteroatoms. The van der Waals surface area contributed by atoms with Crippen molar-refractivity contribution in [3.63, 3.8) is 0 Å². The second kappa shape index (κ2) is 4.67. The number of aryl methyl sites for hydroxylation is 1. The van der Waals surface area contributed by atoms with Gasteiger partial charge in [-0.15, -0.1) is 11.3 Å². The molecule has 2 N–H and O–H groups in total. The number of thiophene rings is 1. The first-order valence-corrected chi connectivity index (χ1v) is 6.86. The van der Waals surface area contributed by atoms with E-state index < -0.39 is 0 Å². The van der Waals surface area contributed by atoms with Crippen LogP contribution in [0.5, 0.6) is 0 Å². The maximum atomic E-state index is 6.38. The van der Waals surface area contributed by atoms with Gasteiger partial charge in [0, 0.05) is 10.9 Å². The van der Waals surface area contributed by atoms with E-state index in [0.717, 1.165) is 5.92 Å². The third-order valence-electron chi connectivity index (χ3n) is 3.74. The predicted molar refractivity (Wildman–Crippen MR) is 67.1 cm³/mol. The number of rotatable bonds is 2. The molecule has 0 aromatic carbocycles. The molecule has 0 amide bonds. The van der Waals surface area contributed by atoms with Crippen LogP contribution in [0.2, 0.25) is 0 Å². The van der Waals surface area contributed by atoms with Gasteiger partial charge in [0.2, 0.25) is 0 Å². The number of hydrogen-bond acceptors (Lipinski definition) is 2. The van der Waals surface area contributed by atoms with Crippen LogP contribution in [-0.4, -0.2) is 0 Å². The summed E-state index contributed by atoms with van der Waals surface area (Å²) >= 11 is 1.82. The summed E-state index contributed by atoms with van der Waals surface area (Å²) in [5.41, 5.74) is 7.77. The summed E-state index contributed by atoms with van der Waals surface area (Å²) in [6.45, 7) is 4.55. The molecule has 1 fully saturated rings. The molecule has 0 spiro atoms. The molecule has 15 heavy (non-hydrogen) atoms. The molecule has 2 rings (SSSR count). The largest absolute Gasteiger partial charge is 0.324 e. The average Bonchev–Trinajstić information content (AvgIpc) is 2.63. The van der Waals surface area contributed by atoms with E-state index in [1.807, 2.05) is 11.3 Å². The molecule has 84 valence electrons. The van der Waals surface area contributed by atoms with Crippen molar-refractivity contribution in [3.05, 3.63) is 21.9 Å². The van der Waals surface area contributed by atoms with Crippen LogP contribution in [0.1, 0.15) is 49.1 Å². The van der Waals surface area contributed by atoms with Crippen molar-refractivity contribution in [2.24, 2.45) is 17.6 Å². The lowest BCUT2D eigenvalue weighted by atomic mass is 9.77. The first-order valence-electron chi connectivity index (χ1n) is 5.98. The monoisotopic (exact) mass is 223 g/mol. The van der Waals surface area contributed by atoms with Crippen molar-refractivity contribution in [1.82, 2.24) is 0 Å². The molecular formula is C13H21NS. The highest BCUT2D eigenvalue weighted by Gasteiger charge is 2.26. The van der Waals surface area contributed by atoms with Gasteiger partial charge in [0.1, 0.15) is 0 Å². The van der Waals surface area contributed by atoms with Gasteiger partial charge < -0.3 is 5.73 Å². The molecule has 1 aromatic heterocycles. The molecule has 1 aromatic rings. The molecule has 3 atom stereocenters. The Morgan fingerprint density at radius 2 is 2.27 bits per heavy atom. The van der Waals surface area contributed by atoms with E-state index in [0.29, 0.717) is 5.92 Å². The lowest BCUT2D eigenvalue weighted by Crippen LogP contribution is -2.26. The van der Waals surface area contributed by atoms with Crippen molar-refractivity contribution in [2.45, 2.75) is 45.6 Å². The minimum atomic E-state index is 0.277. The average molecular weight is 223 g/mol. The molecular weight excluding hydrogens is 202 g/mol. The van der Waals surface area contributed by atoms with Crippen LogP contribution in [0.15, 0.2) is 11.4 Å². The summed E-state index contributed by atoms with van der Waals surface area (Å²) in [6, 6.07) is 2.49. The minimum Gasteiger partial charge on any atom is -0.324 e. The third-order valence-corrected chi connectivity index (χ3v) is 4.60. The Morgan fingerprint density at radius 3 is 2.87 bits per heavy atom. The zero-order chi connectivity index (χ0) is 10.8. The van der Waals surface area contributed by atoms with Crippen LogP contribution in [0.3, 0.4) is 0 Å². The van der Waals surface area contributed by atoms with Gasteiger partial charge in [-0.1, -0.05) is 19.8 Å². The highest BCUT2D eigenvalue weighted by Crippen LogP contribution is 2.37. The molecule has 1 saturated carbocycles. The van der Waals surface area contributed by atoms with Crippen LogP contribution < -0.4 is 5.73 Å². The summed E-state index contributed by atoms with van der Waals surface area (Å²) in [5.74, 6) is 1.58. The predicted octanol–water partition coefficient (Wildman–Crippen LogP) is 3.88. The Bertz CT molecular complexity index is 318. The highest BCUT2D eigenvalue weighted by molar-refractivity contribution is 7.10. The number of hydrogen-bond donors (Lipinski definition) is 1. The molecule has 0 radical (unpaired) electrons. The first-order chi connectivity index (χ1) is 7.18. The second-order valence-electron chi connectivity index (χ2n) is 4.99. The van der Waals surface area contributed by atoms with Gasteiger partial charge in [-0.05, 0) is 48.6 Å². The Balaban J connectivity index is 2.07. The van der Waals surface area contributed by atoms with Gasteiger partial charge in [-0.25, -0.2) is 0 Å². The fourth-order valence-corrected chi connectivity index (χ4v) is 3.56. The molecule has 1 nitrogen and oxygen atoms in total. The van der Waals surface area contributed by atoms with Crippen molar-refractivity contribution in [1.29, 1.82) is 0 Å². The first kappa shape index (κ1) is 11.2. The molecule has 0 aliphatic heterocycles. The van der Waals surface area contributed by atoms with E-state index in [9.17, 15) is 0 Å². The van der Waals surface area contributed by atoms with Gasteiger partial charge in [-0.3, -0.25) is 0 Å². The second-order valence-corrected chi connectivity index (χ2v) is 6.11. The van der Waals surface area contributed by atoms with Crippen molar-refractivity contribution >= 4 is 11.3 Å². The van der Waals surface area contributed by atoms with Crippen molar-refractivity contribution in [2.75, 3.05) is 0 Å². The quantitative estimate of drug-likeness (QED) is 0.809. The maximum absolute atomic E-state index is 6.38. The van der Waals surface area contributed by atoms with E-state index in [2.05, 4.69) is 25.3 Å². The van der Waals surface area contributed by atoms with Gasteiger partial charge in [0.25, 0.3) is 0 Å². The van der Waals surface area contributed by atoms with Crippen molar-refractivity contribution in [3.8, 4) is 0 Å². The molecule has 0 saturated heterocycles. The lowest BCUT2D eigenvalue weighted by molar-refractivity contribution is 0.248.